The minimum Gasteiger partial charge on any atom is -0.491 e. The zero-order chi connectivity index (χ0) is 16.5. The lowest BCUT2D eigenvalue weighted by molar-refractivity contribution is -0.137. The molecule has 0 N–H and O–H groups in total. The van der Waals surface area contributed by atoms with Crippen molar-refractivity contribution in [2.24, 2.45) is 7.05 Å². The smallest absolute Gasteiger partial charge is 0.330 e. The fourth-order valence-electron chi connectivity index (χ4n) is 1.92. The number of carbonyl (C=O) groups excluding carboxylic acids is 1. The van der Waals surface area contributed by atoms with E-state index in [1.54, 1.807) is 24.9 Å². The third-order valence-electron chi connectivity index (χ3n) is 3.15. The normalized spacial score (nSPS) is 10.9. The number of rotatable bonds is 8. The van der Waals surface area contributed by atoms with E-state index in [2.05, 4.69) is 0 Å². The summed E-state index contributed by atoms with van der Waals surface area (Å²) in [4.78, 5) is 24.0. The molecule has 122 valence electrons. The predicted molar refractivity (Wildman–Crippen MR) is 83.8 cm³/mol. The van der Waals surface area contributed by atoms with Gasteiger partial charge >= 0.3 is 5.97 Å². The van der Waals surface area contributed by atoms with Crippen molar-refractivity contribution in [3.63, 3.8) is 0 Å². The first-order valence-corrected chi connectivity index (χ1v) is 7.15. The lowest BCUT2D eigenvalue weighted by Gasteiger charge is -2.13. The summed E-state index contributed by atoms with van der Waals surface area (Å²) >= 11 is 0. The van der Waals surface area contributed by atoms with E-state index in [1.165, 1.54) is 19.3 Å². The van der Waals surface area contributed by atoms with Crippen molar-refractivity contribution < 1.29 is 19.0 Å². The number of methoxy groups -OCH3 is 2. The highest BCUT2D eigenvalue weighted by Gasteiger charge is 2.13. The van der Waals surface area contributed by atoms with Gasteiger partial charge in [-0.1, -0.05) is 13.3 Å². The van der Waals surface area contributed by atoms with Gasteiger partial charge in [-0.25, -0.2) is 4.79 Å². The monoisotopic (exact) mass is 309 g/mol. The molecule has 22 heavy (non-hydrogen) atoms. The first-order chi connectivity index (χ1) is 10.5. The molecule has 0 atom stereocenters. The van der Waals surface area contributed by atoms with Crippen LogP contribution in [-0.4, -0.2) is 31.4 Å². The van der Waals surface area contributed by atoms with Crippen LogP contribution >= 0.6 is 0 Å². The van der Waals surface area contributed by atoms with Crippen molar-refractivity contribution in [3.05, 3.63) is 33.8 Å². The van der Waals surface area contributed by atoms with Crippen LogP contribution in [-0.2, 0) is 27.9 Å². The minimum atomic E-state index is -0.471. The first kappa shape index (κ1) is 18.0. The molecular formula is C16H23NO5. The van der Waals surface area contributed by atoms with Gasteiger partial charge in [-0.05, 0) is 12.5 Å². The van der Waals surface area contributed by atoms with Gasteiger partial charge < -0.3 is 18.8 Å². The van der Waals surface area contributed by atoms with Gasteiger partial charge in [-0.15, -0.1) is 0 Å². The maximum atomic E-state index is 12.3. The van der Waals surface area contributed by atoms with Gasteiger partial charge in [0.1, 0.15) is 0 Å². The number of carbonyl (C=O) groups is 1. The van der Waals surface area contributed by atoms with Crippen LogP contribution in [0.2, 0.25) is 0 Å². The number of nitrogens with zero attached hydrogens (tertiary/aromatic N) is 1. The Labute approximate surface area is 130 Å². The SMILES string of the molecule is CCCCOC(=O)/C=C/c1c(COC)n(C)cc(OC)c1=O. The topological polar surface area (TPSA) is 66.8 Å². The molecule has 6 nitrogen and oxygen atoms in total. The molecule has 0 saturated heterocycles. The molecule has 0 aliphatic carbocycles. The molecule has 0 fully saturated rings. The van der Waals surface area contributed by atoms with Crippen molar-refractivity contribution in [2.45, 2.75) is 26.4 Å². The molecule has 0 bridgehead atoms. The number of hydrogen-bond donors (Lipinski definition) is 0. The van der Waals surface area contributed by atoms with Crippen LogP contribution in [0.4, 0.5) is 0 Å². The highest BCUT2D eigenvalue weighted by molar-refractivity contribution is 5.87. The molecule has 1 rings (SSSR count). The predicted octanol–water partition coefficient (Wildman–Crippen LogP) is 1.90. The Kier molecular flexibility index (Phi) is 7.39. The van der Waals surface area contributed by atoms with Gasteiger partial charge in [0.25, 0.3) is 0 Å². The fourth-order valence-corrected chi connectivity index (χ4v) is 1.92. The summed E-state index contributed by atoms with van der Waals surface area (Å²) in [7, 11) is 4.76. The second-order valence-electron chi connectivity index (χ2n) is 4.79. The molecule has 0 unspecified atom stereocenters. The van der Waals surface area contributed by atoms with E-state index in [9.17, 15) is 9.59 Å². The Morgan fingerprint density at radius 2 is 2.09 bits per heavy atom. The Morgan fingerprint density at radius 3 is 2.68 bits per heavy atom. The Balaban J connectivity index is 3.08. The van der Waals surface area contributed by atoms with Crippen LogP contribution in [0.15, 0.2) is 17.1 Å². The number of aryl methyl sites for hydroxylation is 1. The standard InChI is InChI=1S/C16H23NO5/c1-5-6-9-22-15(18)8-7-12-13(11-20-3)17(2)10-14(21-4)16(12)19/h7-8,10H,5-6,9,11H2,1-4H3/b8-7+. The highest BCUT2D eigenvalue weighted by Crippen LogP contribution is 2.13. The maximum Gasteiger partial charge on any atom is 0.330 e. The van der Waals surface area contributed by atoms with E-state index in [0.717, 1.165) is 12.8 Å². The lowest BCUT2D eigenvalue weighted by Crippen LogP contribution is -2.18. The molecule has 0 radical (unpaired) electrons. The summed E-state index contributed by atoms with van der Waals surface area (Å²) < 4.78 is 17.0. The number of hydrogen-bond acceptors (Lipinski definition) is 5. The van der Waals surface area contributed by atoms with Gasteiger partial charge in [0.05, 0.1) is 32.2 Å². The fraction of sp³-hybridized carbons (Fsp3) is 0.500. The van der Waals surface area contributed by atoms with Crippen LogP contribution in [0.3, 0.4) is 0 Å². The average Bonchev–Trinajstić information content (AvgIpc) is 2.50. The van der Waals surface area contributed by atoms with Crippen LogP contribution < -0.4 is 10.2 Å². The van der Waals surface area contributed by atoms with Crippen LogP contribution in [0, 0.1) is 0 Å². The van der Waals surface area contributed by atoms with Gasteiger partial charge in [0.2, 0.25) is 5.43 Å². The van der Waals surface area contributed by atoms with Crippen molar-refractivity contribution in [1.82, 2.24) is 4.57 Å². The molecule has 0 amide bonds. The molecule has 1 heterocycles. The summed E-state index contributed by atoms with van der Waals surface area (Å²) in [6, 6.07) is 0. The number of pyridine rings is 1. The van der Waals surface area contributed by atoms with Crippen molar-refractivity contribution in [1.29, 1.82) is 0 Å². The summed E-state index contributed by atoms with van der Waals surface area (Å²) in [6.45, 7) is 2.64. The second kappa shape index (κ2) is 9.04. The van der Waals surface area contributed by atoms with E-state index in [-0.39, 0.29) is 17.8 Å². The molecule has 1 aromatic heterocycles. The first-order valence-electron chi connectivity index (χ1n) is 7.15. The van der Waals surface area contributed by atoms with Crippen molar-refractivity contribution in [3.8, 4) is 5.75 Å². The lowest BCUT2D eigenvalue weighted by atomic mass is 10.1. The summed E-state index contributed by atoms with van der Waals surface area (Å²) in [5.41, 5.74) is 0.729. The average molecular weight is 309 g/mol. The second-order valence-corrected chi connectivity index (χ2v) is 4.79. The van der Waals surface area contributed by atoms with Gasteiger partial charge in [-0.3, -0.25) is 4.79 Å². The van der Waals surface area contributed by atoms with Gasteiger partial charge in [0, 0.05) is 25.8 Å². The van der Waals surface area contributed by atoms with E-state index < -0.39 is 5.97 Å². The number of ether oxygens (including phenoxy) is 3. The molecule has 0 spiro atoms. The number of aromatic nitrogens is 1. The van der Waals surface area contributed by atoms with Gasteiger partial charge in [0.15, 0.2) is 5.75 Å². The Morgan fingerprint density at radius 1 is 1.36 bits per heavy atom. The van der Waals surface area contributed by atoms with Crippen molar-refractivity contribution >= 4 is 12.0 Å². The largest absolute Gasteiger partial charge is 0.491 e. The molecule has 0 aromatic carbocycles. The number of unbranched alkanes of at least 4 members (excludes halogenated alkanes) is 1. The molecule has 0 saturated carbocycles. The van der Waals surface area contributed by atoms with E-state index in [0.29, 0.717) is 17.9 Å². The van der Waals surface area contributed by atoms with Gasteiger partial charge in [-0.2, -0.15) is 0 Å². The summed E-state index contributed by atoms with van der Waals surface area (Å²) in [5.74, 6) is -0.261. The molecule has 1 aromatic rings. The summed E-state index contributed by atoms with van der Waals surface area (Å²) in [6.07, 6.45) is 6.06. The van der Waals surface area contributed by atoms with Crippen molar-refractivity contribution in [2.75, 3.05) is 20.8 Å². The van der Waals surface area contributed by atoms with Crippen LogP contribution in [0.25, 0.3) is 6.08 Å². The minimum absolute atomic E-state index is 0.210. The third kappa shape index (κ3) is 4.73. The zero-order valence-corrected chi connectivity index (χ0v) is 13.5. The quantitative estimate of drug-likeness (QED) is 0.417. The highest BCUT2D eigenvalue weighted by atomic mass is 16.5. The summed E-state index contributed by atoms with van der Waals surface area (Å²) in [5, 5.41) is 0. The van der Waals surface area contributed by atoms with E-state index in [1.807, 2.05) is 6.92 Å². The Bertz CT molecular complexity index is 589. The zero-order valence-electron chi connectivity index (χ0n) is 13.5. The van der Waals surface area contributed by atoms with Crippen LogP contribution in [0.1, 0.15) is 31.0 Å². The molecular weight excluding hydrogens is 286 g/mol. The molecule has 0 aliphatic heterocycles. The number of esters is 1. The van der Waals surface area contributed by atoms with E-state index >= 15 is 0 Å². The van der Waals surface area contributed by atoms with Crippen LogP contribution in [0.5, 0.6) is 5.75 Å². The Hall–Kier alpha value is -2.08. The van der Waals surface area contributed by atoms with E-state index in [4.69, 9.17) is 14.2 Å². The third-order valence-corrected chi connectivity index (χ3v) is 3.15. The maximum absolute atomic E-state index is 12.3. The molecule has 0 aliphatic rings. The molecule has 6 heteroatoms.